The van der Waals surface area contributed by atoms with Crippen molar-refractivity contribution in [3.05, 3.63) is 46.7 Å². The van der Waals surface area contributed by atoms with Crippen LogP contribution in [0.5, 0.6) is 0 Å². The maximum Gasteiger partial charge on any atom is 0.418 e. The normalized spacial score (nSPS) is 11.9. The van der Waals surface area contributed by atoms with Gasteiger partial charge in [0.25, 0.3) is 0 Å². The van der Waals surface area contributed by atoms with Crippen LogP contribution in [0.4, 0.5) is 13.2 Å². The first-order chi connectivity index (χ1) is 9.91. The highest BCUT2D eigenvalue weighted by Gasteiger charge is 2.34. The maximum atomic E-state index is 13.2. The molecule has 7 heteroatoms. The molecule has 1 aromatic carbocycles. The van der Waals surface area contributed by atoms with E-state index in [1.54, 1.807) is 6.07 Å². The summed E-state index contributed by atoms with van der Waals surface area (Å²) in [6.07, 6.45) is -0.871. The van der Waals surface area contributed by atoms with E-state index >= 15 is 0 Å². The number of rotatable bonds is 5. The van der Waals surface area contributed by atoms with Gasteiger partial charge in [-0.05, 0) is 30.7 Å². The molecule has 0 saturated carbocycles. The van der Waals surface area contributed by atoms with Gasteiger partial charge in [0.05, 0.1) is 22.5 Å². The Bertz CT molecular complexity index is 608. The van der Waals surface area contributed by atoms with Crippen LogP contribution in [0.2, 0.25) is 5.02 Å². The van der Waals surface area contributed by atoms with Crippen LogP contribution in [0.25, 0.3) is 5.69 Å². The van der Waals surface area contributed by atoms with E-state index in [4.69, 9.17) is 11.6 Å². The number of aromatic nitrogens is 2. The van der Waals surface area contributed by atoms with Crippen LogP contribution in [-0.4, -0.2) is 16.3 Å². The van der Waals surface area contributed by atoms with E-state index < -0.39 is 11.7 Å². The summed E-state index contributed by atoms with van der Waals surface area (Å²) in [5, 5.41) is 7.21. The van der Waals surface area contributed by atoms with Crippen molar-refractivity contribution in [1.29, 1.82) is 0 Å². The largest absolute Gasteiger partial charge is 0.418 e. The number of benzene rings is 1. The van der Waals surface area contributed by atoms with Crippen LogP contribution in [0.1, 0.15) is 24.5 Å². The molecule has 1 heterocycles. The molecule has 1 aromatic heterocycles. The zero-order valence-electron chi connectivity index (χ0n) is 11.4. The minimum atomic E-state index is -4.45. The Labute approximate surface area is 125 Å². The number of nitrogens with zero attached hydrogens (tertiary/aromatic N) is 2. The van der Waals surface area contributed by atoms with Gasteiger partial charge in [0.2, 0.25) is 0 Å². The summed E-state index contributed by atoms with van der Waals surface area (Å²) in [5.41, 5.74) is -0.176. The predicted octanol–water partition coefficient (Wildman–Crippen LogP) is 4.04. The van der Waals surface area contributed by atoms with Gasteiger partial charge in [0.1, 0.15) is 0 Å². The first-order valence-electron chi connectivity index (χ1n) is 6.53. The highest BCUT2D eigenvalue weighted by Crippen LogP contribution is 2.34. The molecular weight excluding hydrogens is 303 g/mol. The van der Waals surface area contributed by atoms with Crippen LogP contribution in [-0.2, 0) is 12.7 Å². The molecule has 114 valence electrons. The van der Waals surface area contributed by atoms with E-state index in [0.29, 0.717) is 12.1 Å². The van der Waals surface area contributed by atoms with Crippen LogP contribution >= 0.6 is 11.6 Å². The predicted molar refractivity (Wildman–Crippen MR) is 75.6 cm³/mol. The fraction of sp³-hybridized carbons (Fsp3) is 0.357. The Morgan fingerprint density at radius 1 is 1.33 bits per heavy atom. The average molecular weight is 318 g/mol. The SMILES string of the molecule is CCCNCc1ccc(-n2cc(Cl)cn2)c(C(F)(F)F)c1. The van der Waals surface area contributed by atoms with Crippen molar-refractivity contribution in [2.24, 2.45) is 0 Å². The fourth-order valence-electron chi connectivity index (χ4n) is 1.96. The van der Waals surface area contributed by atoms with Crippen molar-refractivity contribution < 1.29 is 13.2 Å². The smallest absolute Gasteiger partial charge is 0.313 e. The van der Waals surface area contributed by atoms with Gasteiger partial charge in [-0.25, -0.2) is 4.68 Å². The van der Waals surface area contributed by atoms with Gasteiger partial charge in [-0.2, -0.15) is 18.3 Å². The van der Waals surface area contributed by atoms with Crippen molar-refractivity contribution in [2.45, 2.75) is 26.1 Å². The third-order valence-corrected chi connectivity index (χ3v) is 3.12. The van der Waals surface area contributed by atoms with Crippen molar-refractivity contribution in [3.63, 3.8) is 0 Å². The van der Waals surface area contributed by atoms with E-state index in [0.717, 1.165) is 23.7 Å². The maximum absolute atomic E-state index is 13.2. The third-order valence-electron chi connectivity index (χ3n) is 2.92. The number of nitrogens with one attached hydrogen (secondary N) is 1. The Hall–Kier alpha value is -1.53. The molecule has 2 rings (SSSR count). The van der Waals surface area contributed by atoms with Gasteiger partial charge in [-0.3, -0.25) is 0 Å². The molecule has 0 aliphatic heterocycles. The molecule has 0 saturated heterocycles. The Morgan fingerprint density at radius 2 is 2.10 bits per heavy atom. The zero-order valence-corrected chi connectivity index (χ0v) is 12.2. The summed E-state index contributed by atoms with van der Waals surface area (Å²) in [6, 6.07) is 4.21. The standard InChI is InChI=1S/C14H15ClF3N3/c1-2-5-19-7-10-3-4-13(12(6-10)14(16,17)18)21-9-11(15)8-20-21/h3-4,6,8-9,19H,2,5,7H2,1H3. The van der Waals surface area contributed by atoms with Gasteiger partial charge in [-0.15, -0.1) is 0 Å². The lowest BCUT2D eigenvalue weighted by atomic mass is 10.1. The zero-order chi connectivity index (χ0) is 15.5. The van der Waals surface area contributed by atoms with Gasteiger partial charge in [-0.1, -0.05) is 24.6 Å². The molecule has 0 fully saturated rings. The van der Waals surface area contributed by atoms with Crippen molar-refractivity contribution >= 4 is 11.6 Å². The molecule has 0 aliphatic rings. The molecule has 21 heavy (non-hydrogen) atoms. The molecule has 3 nitrogen and oxygen atoms in total. The number of alkyl halides is 3. The summed E-state index contributed by atoms with van der Waals surface area (Å²) >= 11 is 5.72. The Kier molecular flexibility index (Phi) is 4.90. The molecule has 0 amide bonds. The minimum absolute atomic E-state index is 0.0337. The van der Waals surface area contributed by atoms with E-state index in [1.807, 2.05) is 6.92 Å². The third kappa shape index (κ3) is 3.98. The van der Waals surface area contributed by atoms with Gasteiger partial charge < -0.3 is 5.32 Å². The fourth-order valence-corrected chi connectivity index (χ4v) is 2.10. The monoisotopic (exact) mass is 317 g/mol. The van der Waals surface area contributed by atoms with Crippen LogP contribution < -0.4 is 5.32 Å². The first-order valence-corrected chi connectivity index (χ1v) is 6.91. The number of hydrogen-bond donors (Lipinski definition) is 1. The Morgan fingerprint density at radius 3 is 2.67 bits per heavy atom. The van der Waals surface area contributed by atoms with Gasteiger partial charge in [0.15, 0.2) is 0 Å². The second-order valence-corrected chi connectivity index (χ2v) is 5.07. The topological polar surface area (TPSA) is 29.9 Å². The molecule has 2 aromatic rings. The molecule has 0 spiro atoms. The highest BCUT2D eigenvalue weighted by atomic mass is 35.5. The molecule has 1 N–H and O–H groups in total. The van der Waals surface area contributed by atoms with Gasteiger partial charge >= 0.3 is 6.18 Å². The van der Waals surface area contributed by atoms with Crippen LogP contribution in [0.15, 0.2) is 30.6 Å². The highest BCUT2D eigenvalue weighted by molar-refractivity contribution is 6.30. The summed E-state index contributed by atoms with van der Waals surface area (Å²) in [5.74, 6) is 0. The molecule has 0 aliphatic carbocycles. The lowest BCUT2D eigenvalue weighted by Crippen LogP contribution is -2.16. The summed E-state index contributed by atoms with van der Waals surface area (Å²) in [7, 11) is 0. The minimum Gasteiger partial charge on any atom is -0.313 e. The van der Waals surface area contributed by atoms with Crippen molar-refractivity contribution in [1.82, 2.24) is 15.1 Å². The summed E-state index contributed by atoms with van der Waals surface area (Å²) in [4.78, 5) is 0. The summed E-state index contributed by atoms with van der Waals surface area (Å²) < 4.78 is 40.8. The second kappa shape index (κ2) is 6.49. The van der Waals surface area contributed by atoms with E-state index in [1.165, 1.54) is 18.5 Å². The molecule has 0 bridgehead atoms. The average Bonchev–Trinajstić information content (AvgIpc) is 2.84. The lowest BCUT2D eigenvalue weighted by Gasteiger charge is -2.14. The molecule has 0 radical (unpaired) electrons. The van der Waals surface area contributed by atoms with E-state index in [2.05, 4.69) is 10.4 Å². The Balaban J connectivity index is 2.37. The first kappa shape index (κ1) is 15.9. The quantitative estimate of drug-likeness (QED) is 0.843. The molecular formula is C14H15ClF3N3. The van der Waals surface area contributed by atoms with E-state index in [-0.39, 0.29) is 10.7 Å². The second-order valence-electron chi connectivity index (χ2n) is 4.63. The summed E-state index contributed by atoms with van der Waals surface area (Å²) in [6.45, 7) is 3.16. The lowest BCUT2D eigenvalue weighted by molar-refractivity contribution is -0.137. The number of halogens is 4. The van der Waals surface area contributed by atoms with Crippen LogP contribution in [0, 0.1) is 0 Å². The van der Waals surface area contributed by atoms with Crippen molar-refractivity contribution in [3.8, 4) is 5.69 Å². The van der Waals surface area contributed by atoms with Gasteiger partial charge in [0, 0.05) is 12.7 Å². The molecule has 0 unspecified atom stereocenters. The molecule has 0 atom stereocenters. The van der Waals surface area contributed by atoms with Crippen molar-refractivity contribution in [2.75, 3.05) is 6.54 Å². The number of hydrogen-bond acceptors (Lipinski definition) is 2. The van der Waals surface area contributed by atoms with Crippen LogP contribution in [0.3, 0.4) is 0 Å². The van der Waals surface area contributed by atoms with E-state index in [9.17, 15) is 13.2 Å².